The molecule has 168 valence electrons. The SMILES string of the molecule is NCc1cc(NC(=O)C2(CC(=O)O)CCC2)cc(C(F)(F)F)c1.O=C(O)C(F)(F)F. The number of amides is 1. The number of aliphatic carboxylic acids is 2. The van der Waals surface area contributed by atoms with Crippen molar-refractivity contribution in [2.75, 3.05) is 5.32 Å². The third kappa shape index (κ3) is 6.90. The lowest BCUT2D eigenvalue weighted by Crippen LogP contribution is -2.43. The molecule has 0 bridgehead atoms. The van der Waals surface area contributed by atoms with Crippen LogP contribution in [0.15, 0.2) is 18.2 Å². The number of benzene rings is 1. The average molecular weight is 444 g/mol. The smallest absolute Gasteiger partial charge is 0.481 e. The maximum Gasteiger partial charge on any atom is 0.490 e. The number of nitrogens with two attached hydrogens (primary N) is 1. The molecule has 0 saturated heterocycles. The van der Waals surface area contributed by atoms with E-state index in [2.05, 4.69) is 5.32 Å². The summed E-state index contributed by atoms with van der Waals surface area (Å²) in [5.41, 5.74) is 3.65. The molecule has 2 rings (SSSR count). The van der Waals surface area contributed by atoms with Crippen molar-refractivity contribution in [3.05, 3.63) is 29.3 Å². The number of hydrogen-bond donors (Lipinski definition) is 4. The van der Waals surface area contributed by atoms with Crippen molar-refractivity contribution in [1.82, 2.24) is 0 Å². The minimum absolute atomic E-state index is 0.0260. The number of alkyl halides is 6. The van der Waals surface area contributed by atoms with Gasteiger partial charge in [0.05, 0.1) is 17.4 Å². The molecule has 1 aromatic rings. The molecule has 1 aliphatic carbocycles. The lowest BCUT2D eigenvalue weighted by Gasteiger charge is -2.39. The van der Waals surface area contributed by atoms with Crippen molar-refractivity contribution in [2.45, 2.75) is 44.6 Å². The maximum absolute atomic E-state index is 12.9. The van der Waals surface area contributed by atoms with Crippen molar-refractivity contribution in [3.63, 3.8) is 0 Å². The summed E-state index contributed by atoms with van der Waals surface area (Å²) in [5, 5.41) is 18.5. The highest BCUT2D eigenvalue weighted by atomic mass is 19.4. The summed E-state index contributed by atoms with van der Waals surface area (Å²) < 4.78 is 70.4. The van der Waals surface area contributed by atoms with Gasteiger partial charge in [-0.25, -0.2) is 4.79 Å². The number of carbonyl (C=O) groups excluding carboxylic acids is 1. The minimum Gasteiger partial charge on any atom is -0.481 e. The molecule has 0 spiro atoms. The highest BCUT2D eigenvalue weighted by molar-refractivity contribution is 5.98. The van der Waals surface area contributed by atoms with Crippen LogP contribution in [0.3, 0.4) is 0 Å². The van der Waals surface area contributed by atoms with Gasteiger partial charge in [0.2, 0.25) is 5.91 Å². The van der Waals surface area contributed by atoms with E-state index in [9.17, 15) is 35.9 Å². The zero-order valence-corrected chi connectivity index (χ0v) is 15.2. The monoisotopic (exact) mass is 444 g/mol. The second-order valence-electron chi connectivity index (χ2n) is 6.58. The highest BCUT2D eigenvalue weighted by Gasteiger charge is 2.46. The van der Waals surface area contributed by atoms with E-state index in [1.54, 1.807) is 0 Å². The van der Waals surface area contributed by atoms with Crippen LogP contribution in [0.4, 0.5) is 32.0 Å². The molecule has 0 radical (unpaired) electrons. The molecule has 1 aromatic carbocycles. The quantitative estimate of drug-likeness (QED) is 0.516. The molecule has 30 heavy (non-hydrogen) atoms. The van der Waals surface area contributed by atoms with Gasteiger partial charge in [-0.15, -0.1) is 0 Å². The van der Waals surface area contributed by atoms with Crippen LogP contribution in [0.5, 0.6) is 0 Å². The Balaban J connectivity index is 0.000000553. The summed E-state index contributed by atoms with van der Waals surface area (Å²) >= 11 is 0. The average Bonchev–Trinajstić information content (AvgIpc) is 2.56. The zero-order chi connectivity index (χ0) is 23.3. The molecule has 5 N–H and O–H groups in total. The summed E-state index contributed by atoms with van der Waals surface area (Å²) in [6.07, 6.45) is -8.43. The second-order valence-corrected chi connectivity index (χ2v) is 6.58. The molecule has 13 heteroatoms. The molecule has 0 aromatic heterocycles. The molecule has 1 amide bonds. The van der Waals surface area contributed by atoms with Crippen molar-refractivity contribution >= 4 is 23.5 Å². The number of carboxylic acids is 2. The number of carbonyl (C=O) groups is 3. The van der Waals surface area contributed by atoms with Crippen molar-refractivity contribution in [3.8, 4) is 0 Å². The summed E-state index contributed by atoms with van der Waals surface area (Å²) in [7, 11) is 0. The third-order valence-corrected chi connectivity index (χ3v) is 4.34. The fourth-order valence-electron chi connectivity index (χ4n) is 2.69. The fraction of sp³-hybridized carbons (Fsp3) is 0.471. The normalized spacial score (nSPS) is 15.3. The first-order valence-corrected chi connectivity index (χ1v) is 8.35. The number of rotatable bonds is 5. The Hall–Kier alpha value is -2.83. The van der Waals surface area contributed by atoms with Crippen LogP contribution in [-0.4, -0.2) is 34.2 Å². The number of nitrogens with one attached hydrogen (secondary N) is 1. The van der Waals surface area contributed by atoms with E-state index in [4.69, 9.17) is 20.7 Å². The highest BCUT2D eigenvalue weighted by Crippen LogP contribution is 2.45. The number of halogens is 6. The Morgan fingerprint density at radius 2 is 1.57 bits per heavy atom. The van der Waals surface area contributed by atoms with Crippen molar-refractivity contribution in [1.29, 1.82) is 0 Å². The van der Waals surface area contributed by atoms with Gasteiger partial charge in [-0.05, 0) is 36.6 Å². The van der Waals surface area contributed by atoms with Crippen LogP contribution >= 0.6 is 0 Å². The molecular weight excluding hydrogens is 426 g/mol. The van der Waals surface area contributed by atoms with Crippen LogP contribution < -0.4 is 11.1 Å². The molecule has 0 unspecified atom stereocenters. The third-order valence-electron chi connectivity index (χ3n) is 4.34. The first kappa shape index (κ1) is 25.2. The molecule has 0 heterocycles. The second kappa shape index (κ2) is 9.32. The number of hydrogen-bond acceptors (Lipinski definition) is 4. The van der Waals surface area contributed by atoms with Crippen LogP contribution in [0, 0.1) is 5.41 Å². The van der Waals surface area contributed by atoms with Gasteiger partial charge in [-0.3, -0.25) is 9.59 Å². The fourth-order valence-corrected chi connectivity index (χ4v) is 2.69. The molecule has 1 aliphatic rings. The van der Waals surface area contributed by atoms with E-state index in [1.165, 1.54) is 6.07 Å². The molecule has 1 saturated carbocycles. The van der Waals surface area contributed by atoms with Gasteiger partial charge in [0, 0.05) is 12.2 Å². The Bertz CT molecular complexity index is 803. The summed E-state index contributed by atoms with van der Waals surface area (Å²) in [4.78, 5) is 32.1. The van der Waals surface area contributed by atoms with Gasteiger partial charge < -0.3 is 21.3 Å². The topological polar surface area (TPSA) is 130 Å². The molecule has 0 atom stereocenters. The Morgan fingerprint density at radius 3 is 1.90 bits per heavy atom. The summed E-state index contributed by atoms with van der Waals surface area (Å²) in [6, 6.07) is 3.11. The maximum atomic E-state index is 12.9. The zero-order valence-electron chi connectivity index (χ0n) is 15.2. The summed E-state index contributed by atoms with van der Waals surface area (Å²) in [6.45, 7) is -0.104. The first-order chi connectivity index (χ1) is 13.6. The van der Waals surface area contributed by atoms with Gasteiger partial charge in [-0.2, -0.15) is 26.3 Å². The van der Waals surface area contributed by atoms with E-state index in [-0.39, 0.29) is 24.2 Å². The van der Waals surface area contributed by atoms with Crippen molar-refractivity contribution in [2.24, 2.45) is 11.1 Å². The van der Waals surface area contributed by atoms with Crippen LogP contribution in [0.1, 0.15) is 36.8 Å². The van der Waals surface area contributed by atoms with E-state index in [0.29, 0.717) is 12.8 Å². The summed E-state index contributed by atoms with van der Waals surface area (Å²) in [5.74, 6) is -4.42. The number of anilines is 1. The molecular formula is C17H18F6N2O5. The molecule has 7 nitrogen and oxygen atoms in total. The van der Waals surface area contributed by atoms with Gasteiger partial charge in [0.15, 0.2) is 0 Å². The lowest BCUT2D eigenvalue weighted by atomic mass is 9.66. The van der Waals surface area contributed by atoms with Gasteiger partial charge in [-0.1, -0.05) is 6.42 Å². The van der Waals surface area contributed by atoms with Gasteiger partial charge >= 0.3 is 24.3 Å². The Morgan fingerprint density at radius 1 is 1.03 bits per heavy atom. The van der Waals surface area contributed by atoms with Crippen LogP contribution in [0.2, 0.25) is 0 Å². The predicted molar refractivity (Wildman–Crippen MR) is 90.2 cm³/mol. The first-order valence-electron chi connectivity index (χ1n) is 8.35. The van der Waals surface area contributed by atoms with E-state index >= 15 is 0 Å². The van der Waals surface area contributed by atoms with E-state index < -0.39 is 41.2 Å². The molecule has 0 aliphatic heterocycles. The van der Waals surface area contributed by atoms with Crippen molar-refractivity contribution < 1.29 is 50.9 Å². The Kier molecular flexibility index (Phi) is 7.83. The van der Waals surface area contributed by atoms with E-state index in [1.807, 2.05) is 0 Å². The van der Waals surface area contributed by atoms with Gasteiger partial charge in [0.25, 0.3) is 0 Å². The lowest BCUT2D eigenvalue weighted by molar-refractivity contribution is -0.192. The largest absolute Gasteiger partial charge is 0.490 e. The standard InChI is InChI=1S/C15H17F3N2O3.C2HF3O2/c16-15(17,18)10-4-9(8-19)5-11(6-10)20-13(23)14(2-1-3-14)7-12(21)22;3-2(4,5)1(6)7/h4-6H,1-3,7-8,19H2,(H,20,23)(H,21,22);(H,6,7). The Labute approximate surface area is 165 Å². The minimum atomic E-state index is -5.08. The predicted octanol–water partition coefficient (Wildman–Crippen LogP) is 3.38. The van der Waals surface area contributed by atoms with Crippen LogP contribution in [-0.2, 0) is 27.1 Å². The van der Waals surface area contributed by atoms with Crippen LogP contribution in [0.25, 0.3) is 0 Å². The van der Waals surface area contributed by atoms with E-state index in [0.717, 1.165) is 18.6 Å². The number of carboxylic acid groups (broad SMARTS) is 2. The van der Waals surface area contributed by atoms with Gasteiger partial charge in [0.1, 0.15) is 0 Å². The molecule has 1 fully saturated rings.